The minimum absolute atomic E-state index is 0.859. The van der Waals surface area contributed by atoms with Gasteiger partial charge in [-0.15, -0.1) is 0 Å². The third-order valence-corrected chi connectivity index (χ3v) is 3.75. The lowest BCUT2D eigenvalue weighted by atomic mass is 10.2. The van der Waals surface area contributed by atoms with Crippen LogP contribution in [0.5, 0.6) is 0 Å². The van der Waals surface area contributed by atoms with Crippen LogP contribution in [0.1, 0.15) is 11.1 Å². The van der Waals surface area contributed by atoms with Crippen LogP contribution in [0.15, 0.2) is 131 Å². The molecule has 0 aliphatic carbocycles. The Kier molecular flexibility index (Phi) is 9.99. The first-order chi connectivity index (χ1) is 14.2. The van der Waals surface area contributed by atoms with E-state index in [0.29, 0.717) is 0 Å². The molecule has 0 aliphatic rings. The maximum atomic E-state index is 4.08. The molecule has 0 spiro atoms. The van der Waals surface area contributed by atoms with Crippen LogP contribution in [-0.4, -0.2) is 6.01 Å². The van der Waals surface area contributed by atoms with Gasteiger partial charge in [-0.2, -0.15) is 9.98 Å². The highest BCUT2D eigenvalue weighted by atomic mass is 14.8. The Labute approximate surface area is 173 Å². The van der Waals surface area contributed by atoms with Crippen LogP contribution in [0.25, 0.3) is 0 Å². The lowest BCUT2D eigenvalue weighted by molar-refractivity contribution is 1.48. The van der Waals surface area contributed by atoms with Gasteiger partial charge in [-0.05, 0) is 38.1 Å². The summed E-state index contributed by atoms with van der Waals surface area (Å²) in [5.74, 6) is 0. The van der Waals surface area contributed by atoms with E-state index in [1.54, 1.807) is 0 Å². The van der Waals surface area contributed by atoms with Crippen molar-refractivity contribution >= 4 is 17.4 Å². The van der Waals surface area contributed by atoms with Gasteiger partial charge in [0, 0.05) is 0 Å². The minimum Gasteiger partial charge on any atom is -0.188 e. The Morgan fingerprint density at radius 2 is 0.690 bits per heavy atom. The molecule has 144 valence electrons. The van der Waals surface area contributed by atoms with E-state index >= 15 is 0 Å². The second-order valence-corrected chi connectivity index (χ2v) is 6.30. The number of benzene rings is 4. The SMILES string of the molecule is C(=Nc1ccccc1)=Nc1ccccc1.Cc1ccccc1.Cc1ccccc1. The van der Waals surface area contributed by atoms with Crippen molar-refractivity contribution in [2.45, 2.75) is 13.8 Å². The Morgan fingerprint density at radius 1 is 0.414 bits per heavy atom. The van der Waals surface area contributed by atoms with Crippen LogP contribution in [0.2, 0.25) is 0 Å². The first-order valence-corrected chi connectivity index (χ1v) is 9.54. The molecule has 0 heterocycles. The molecule has 0 bridgehead atoms. The molecule has 0 fully saturated rings. The fourth-order valence-electron chi connectivity index (χ4n) is 2.21. The van der Waals surface area contributed by atoms with Crippen LogP contribution in [-0.2, 0) is 0 Å². The molecule has 29 heavy (non-hydrogen) atoms. The Bertz CT molecular complexity index is 893. The third-order valence-electron chi connectivity index (χ3n) is 3.75. The lowest BCUT2D eigenvalue weighted by Gasteiger charge is -1.87. The number of hydrogen-bond donors (Lipinski definition) is 0. The lowest BCUT2D eigenvalue weighted by Crippen LogP contribution is -1.63. The fourth-order valence-corrected chi connectivity index (χ4v) is 2.21. The molecule has 2 heteroatoms. The van der Waals surface area contributed by atoms with Crippen molar-refractivity contribution in [3.63, 3.8) is 0 Å². The molecule has 4 aromatic carbocycles. The van der Waals surface area contributed by atoms with E-state index in [2.05, 4.69) is 54.1 Å². The molecule has 4 aromatic rings. The molecule has 0 saturated heterocycles. The first-order valence-electron chi connectivity index (χ1n) is 9.54. The molecule has 0 unspecified atom stereocenters. The quantitative estimate of drug-likeness (QED) is 0.318. The molecule has 0 aromatic heterocycles. The van der Waals surface area contributed by atoms with Crippen molar-refractivity contribution in [2.24, 2.45) is 9.98 Å². The van der Waals surface area contributed by atoms with E-state index in [9.17, 15) is 0 Å². The van der Waals surface area contributed by atoms with Crippen LogP contribution < -0.4 is 0 Å². The summed E-state index contributed by atoms with van der Waals surface area (Å²) in [6.07, 6.45) is 0. The largest absolute Gasteiger partial charge is 0.188 e. The number of nitrogens with zero attached hydrogens (tertiary/aromatic N) is 2. The predicted octanol–water partition coefficient (Wildman–Crippen LogP) is 7.81. The summed E-state index contributed by atoms with van der Waals surface area (Å²) in [6.45, 7) is 4.17. The number of para-hydroxylation sites is 2. The van der Waals surface area contributed by atoms with Crippen LogP contribution in [0.4, 0.5) is 11.4 Å². The zero-order valence-corrected chi connectivity index (χ0v) is 16.9. The number of rotatable bonds is 2. The van der Waals surface area contributed by atoms with Gasteiger partial charge in [-0.1, -0.05) is 108 Å². The molecule has 0 amide bonds. The van der Waals surface area contributed by atoms with Gasteiger partial charge in [-0.25, -0.2) is 0 Å². The van der Waals surface area contributed by atoms with Crippen molar-refractivity contribution in [2.75, 3.05) is 0 Å². The summed E-state index contributed by atoms with van der Waals surface area (Å²) in [5.41, 5.74) is 4.36. The predicted molar refractivity (Wildman–Crippen MR) is 124 cm³/mol. The van der Waals surface area contributed by atoms with Crippen molar-refractivity contribution < 1.29 is 0 Å². The average molecular weight is 379 g/mol. The number of hydrogen-bond acceptors (Lipinski definition) is 2. The van der Waals surface area contributed by atoms with E-state index in [0.717, 1.165) is 11.4 Å². The van der Waals surface area contributed by atoms with Crippen LogP contribution in [0.3, 0.4) is 0 Å². The molecule has 2 nitrogen and oxygen atoms in total. The standard InChI is InChI=1S/C13H10N2.2C7H8/c1-3-7-12(8-4-1)14-11-15-13-9-5-2-6-10-13;2*1-7-5-3-2-4-6-7/h1-10H;2*2-6H,1H3. The molecule has 4 rings (SSSR count). The summed E-state index contributed by atoms with van der Waals surface area (Å²) < 4.78 is 0. The average Bonchev–Trinajstić information content (AvgIpc) is 2.77. The molecular formula is C27H26N2. The maximum absolute atomic E-state index is 4.08. The second kappa shape index (κ2) is 13.4. The summed E-state index contributed by atoms with van der Waals surface area (Å²) in [7, 11) is 0. The smallest absolute Gasteiger partial charge is 0.100 e. The zero-order valence-electron chi connectivity index (χ0n) is 16.9. The van der Waals surface area contributed by atoms with E-state index in [-0.39, 0.29) is 0 Å². The molecule has 0 radical (unpaired) electrons. The first kappa shape index (κ1) is 21.6. The van der Waals surface area contributed by atoms with Gasteiger partial charge in [0.2, 0.25) is 0 Å². The number of aryl methyl sites for hydroxylation is 2. The Morgan fingerprint density at radius 3 is 0.931 bits per heavy atom. The second-order valence-electron chi connectivity index (χ2n) is 6.30. The topological polar surface area (TPSA) is 24.7 Å². The summed E-state index contributed by atoms with van der Waals surface area (Å²) in [6, 6.07) is 42.5. The zero-order chi connectivity index (χ0) is 20.6. The summed E-state index contributed by atoms with van der Waals surface area (Å²) >= 11 is 0. The Balaban J connectivity index is 0.000000178. The minimum atomic E-state index is 0.859. The molecular weight excluding hydrogens is 352 g/mol. The number of aliphatic imine (C=N–C) groups is 2. The fraction of sp³-hybridized carbons (Fsp3) is 0.0741. The molecule has 0 aliphatic heterocycles. The summed E-state index contributed by atoms with van der Waals surface area (Å²) in [4.78, 5) is 8.17. The third kappa shape index (κ3) is 10.2. The van der Waals surface area contributed by atoms with Gasteiger partial charge < -0.3 is 0 Å². The highest BCUT2D eigenvalue weighted by Gasteiger charge is 1.83. The van der Waals surface area contributed by atoms with Crippen molar-refractivity contribution in [1.29, 1.82) is 0 Å². The molecule has 0 saturated carbocycles. The monoisotopic (exact) mass is 378 g/mol. The van der Waals surface area contributed by atoms with Crippen molar-refractivity contribution in [1.82, 2.24) is 0 Å². The van der Waals surface area contributed by atoms with Gasteiger partial charge in [0.25, 0.3) is 0 Å². The maximum Gasteiger partial charge on any atom is 0.100 e. The van der Waals surface area contributed by atoms with E-state index in [1.165, 1.54) is 11.1 Å². The highest BCUT2D eigenvalue weighted by Crippen LogP contribution is 2.10. The van der Waals surface area contributed by atoms with Gasteiger partial charge in [0.1, 0.15) is 6.01 Å². The van der Waals surface area contributed by atoms with E-state index < -0.39 is 0 Å². The van der Waals surface area contributed by atoms with Crippen LogP contribution >= 0.6 is 0 Å². The van der Waals surface area contributed by atoms with E-state index in [4.69, 9.17) is 0 Å². The van der Waals surface area contributed by atoms with Crippen molar-refractivity contribution in [3.05, 3.63) is 132 Å². The van der Waals surface area contributed by atoms with Gasteiger partial charge in [0.05, 0.1) is 11.4 Å². The Hall–Kier alpha value is -3.74. The highest BCUT2D eigenvalue weighted by molar-refractivity contribution is 5.57. The van der Waals surface area contributed by atoms with Gasteiger partial charge in [0.15, 0.2) is 0 Å². The summed E-state index contributed by atoms with van der Waals surface area (Å²) in [5, 5.41) is 0. The van der Waals surface area contributed by atoms with E-state index in [1.807, 2.05) is 97.1 Å². The van der Waals surface area contributed by atoms with Crippen molar-refractivity contribution in [3.8, 4) is 0 Å². The normalized spacial score (nSPS) is 8.90. The van der Waals surface area contributed by atoms with Crippen LogP contribution in [0, 0.1) is 13.8 Å². The van der Waals surface area contributed by atoms with Gasteiger partial charge in [-0.3, -0.25) is 0 Å². The molecule has 0 N–H and O–H groups in total. The molecule has 0 atom stereocenters. The van der Waals surface area contributed by atoms with Gasteiger partial charge >= 0.3 is 0 Å².